The Morgan fingerprint density at radius 1 is 1.13 bits per heavy atom. The van der Waals surface area contributed by atoms with Gasteiger partial charge in [0.1, 0.15) is 10.8 Å². The van der Waals surface area contributed by atoms with E-state index in [1.54, 1.807) is 7.11 Å². The predicted molar refractivity (Wildman–Crippen MR) is 121 cm³/mol. The molecule has 0 unspecified atom stereocenters. The van der Waals surface area contributed by atoms with Crippen LogP contribution in [0.5, 0.6) is 5.75 Å². The Morgan fingerprint density at radius 3 is 2.71 bits per heavy atom. The summed E-state index contributed by atoms with van der Waals surface area (Å²) in [6, 6.07) is 17.1. The van der Waals surface area contributed by atoms with Crippen molar-refractivity contribution in [2.24, 2.45) is 0 Å². The zero-order chi connectivity index (χ0) is 21.5. The van der Waals surface area contributed by atoms with Gasteiger partial charge in [0.2, 0.25) is 11.8 Å². The topological polar surface area (TPSA) is 90.1 Å². The van der Waals surface area contributed by atoms with E-state index in [2.05, 4.69) is 20.5 Å². The van der Waals surface area contributed by atoms with Crippen molar-refractivity contribution in [1.29, 1.82) is 0 Å². The molecule has 0 aliphatic heterocycles. The van der Waals surface area contributed by atoms with E-state index in [0.29, 0.717) is 23.3 Å². The first-order chi connectivity index (χ1) is 15.2. The molecule has 0 saturated heterocycles. The Morgan fingerprint density at radius 2 is 1.94 bits per heavy atom. The van der Waals surface area contributed by atoms with Crippen molar-refractivity contribution in [2.45, 2.75) is 23.8 Å². The standard InChI is InChI=1S/C22H20N4O3S2/c1-28-18-9-7-15(8-10-18)11-20-25-26-22(29-20)31-14-17-13-30-21(24-17)12-19(27)23-16-5-3-2-4-6-16/h2-10,13H,11-12,14H2,1H3,(H,23,27). The number of anilines is 1. The summed E-state index contributed by atoms with van der Waals surface area (Å²) in [6.07, 6.45) is 0.811. The molecule has 9 heteroatoms. The van der Waals surface area contributed by atoms with Crippen LogP contribution >= 0.6 is 23.1 Å². The van der Waals surface area contributed by atoms with Gasteiger partial charge >= 0.3 is 0 Å². The SMILES string of the molecule is COc1ccc(Cc2nnc(SCc3csc(CC(=O)Nc4ccccc4)n3)o2)cc1. The second-order valence-corrected chi connectivity index (χ2v) is 8.47. The predicted octanol–water partition coefficient (Wildman–Crippen LogP) is 4.60. The number of carbonyl (C=O) groups is 1. The number of aromatic nitrogens is 3. The van der Waals surface area contributed by atoms with Crippen molar-refractivity contribution in [3.63, 3.8) is 0 Å². The van der Waals surface area contributed by atoms with Gasteiger partial charge in [-0.3, -0.25) is 4.79 Å². The Hall–Kier alpha value is -3.17. The lowest BCUT2D eigenvalue weighted by Crippen LogP contribution is -2.14. The molecular weight excluding hydrogens is 432 g/mol. The fourth-order valence-corrected chi connectivity index (χ4v) is 4.35. The van der Waals surface area contributed by atoms with Crippen LogP contribution in [0.1, 0.15) is 22.2 Å². The lowest BCUT2D eigenvalue weighted by atomic mass is 10.1. The average Bonchev–Trinajstić information content (AvgIpc) is 3.42. The summed E-state index contributed by atoms with van der Waals surface area (Å²) in [6.45, 7) is 0. The minimum Gasteiger partial charge on any atom is -0.497 e. The number of thiazole rings is 1. The van der Waals surface area contributed by atoms with Gasteiger partial charge in [-0.1, -0.05) is 42.1 Å². The first-order valence-corrected chi connectivity index (χ1v) is 11.4. The number of benzene rings is 2. The molecule has 158 valence electrons. The number of methoxy groups -OCH3 is 1. The third kappa shape index (κ3) is 6.16. The highest BCUT2D eigenvalue weighted by Crippen LogP contribution is 2.24. The zero-order valence-corrected chi connectivity index (χ0v) is 18.4. The van der Waals surface area contributed by atoms with Gasteiger partial charge in [0.05, 0.1) is 25.6 Å². The van der Waals surface area contributed by atoms with Crippen LogP contribution in [-0.2, 0) is 23.4 Å². The number of rotatable bonds is 9. The van der Waals surface area contributed by atoms with E-state index < -0.39 is 0 Å². The quantitative estimate of drug-likeness (QED) is 0.371. The molecule has 0 atom stereocenters. The van der Waals surface area contributed by atoms with Crippen LogP contribution in [0.2, 0.25) is 0 Å². The summed E-state index contributed by atoms with van der Waals surface area (Å²) in [5, 5.41) is 14.3. The minimum atomic E-state index is -0.0835. The molecule has 31 heavy (non-hydrogen) atoms. The number of thioether (sulfide) groups is 1. The number of amides is 1. The molecule has 0 aliphatic carbocycles. The number of carbonyl (C=O) groups excluding carboxylic acids is 1. The fourth-order valence-electron chi connectivity index (χ4n) is 2.78. The van der Waals surface area contributed by atoms with Gasteiger partial charge in [-0.2, -0.15) is 0 Å². The first kappa shape index (κ1) is 21.1. The molecule has 4 aromatic rings. The van der Waals surface area contributed by atoms with Crippen molar-refractivity contribution in [3.05, 3.63) is 82.1 Å². The van der Waals surface area contributed by atoms with E-state index in [1.165, 1.54) is 23.1 Å². The van der Waals surface area contributed by atoms with E-state index >= 15 is 0 Å². The molecule has 0 spiro atoms. The summed E-state index contributed by atoms with van der Waals surface area (Å²) in [5.74, 6) is 1.88. The number of hydrogen-bond donors (Lipinski definition) is 1. The van der Waals surface area contributed by atoms with Crippen LogP contribution < -0.4 is 10.1 Å². The van der Waals surface area contributed by atoms with Gasteiger partial charge in [0.25, 0.3) is 5.22 Å². The second kappa shape index (κ2) is 10.2. The Kier molecular flexibility index (Phi) is 6.96. The highest BCUT2D eigenvalue weighted by atomic mass is 32.2. The highest BCUT2D eigenvalue weighted by molar-refractivity contribution is 7.98. The van der Waals surface area contributed by atoms with Gasteiger partial charge in [-0.25, -0.2) is 4.98 Å². The molecular formula is C22H20N4O3S2. The largest absolute Gasteiger partial charge is 0.497 e. The summed E-state index contributed by atoms with van der Waals surface area (Å²) in [7, 11) is 1.64. The van der Waals surface area contributed by atoms with Gasteiger partial charge in [-0.15, -0.1) is 21.5 Å². The monoisotopic (exact) mass is 452 g/mol. The molecule has 0 fully saturated rings. The molecule has 1 N–H and O–H groups in total. The van der Waals surface area contributed by atoms with Crippen molar-refractivity contribution in [3.8, 4) is 5.75 Å². The van der Waals surface area contributed by atoms with Crippen LogP contribution in [0, 0.1) is 0 Å². The summed E-state index contributed by atoms with van der Waals surface area (Å²) in [4.78, 5) is 16.7. The Labute approximate surface area is 187 Å². The number of para-hydroxylation sites is 1. The molecule has 0 aliphatic rings. The third-order valence-electron chi connectivity index (χ3n) is 4.27. The van der Waals surface area contributed by atoms with Crippen LogP contribution in [0.25, 0.3) is 0 Å². The van der Waals surface area contributed by atoms with Gasteiger partial charge in [0.15, 0.2) is 0 Å². The maximum absolute atomic E-state index is 12.2. The Balaban J connectivity index is 1.26. The maximum atomic E-state index is 12.2. The first-order valence-electron chi connectivity index (χ1n) is 9.54. The van der Waals surface area contributed by atoms with Crippen molar-refractivity contribution >= 4 is 34.7 Å². The van der Waals surface area contributed by atoms with E-state index in [-0.39, 0.29) is 12.3 Å². The van der Waals surface area contributed by atoms with Crippen molar-refractivity contribution in [1.82, 2.24) is 15.2 Å². The van der Waals surface area contributed by atoms with E-state index in [0.717, 1.165) is 27.7 Å². The van der Waals surface area contributed by atoms with Crippen molar-refractivity contribution < 1.29 is 13.9 Å². The van der Waals surface area contributed by atoms with Crippen molar-refractivity contribution in [2.75, 3.05) is 12.4 Å². The molecule has 0 bridgehead atoms. The number of hydrogen-bond acceptors (Lipinski definition) is 8. The van der Waals surface area contributed by atoms with Crippen LogP contribution in [-0.4, -0.2) is 28.2 Å². The average molecular weight is 453 g/mol. The van der Waals surface area contributed by atoms with Crippen LogP contribution in [0.4, 0.5) is 5.69 Å². The van der Waals surface area contributed by atoms with Crippen LogP contribution in [0.3, 0.4) is 0 Å². The number of nitrogens with one attached hydrogen (secondary N) is 1. The molecule has 0 saturated carbocycles. The summed E-state index contributed by atoms with van der Waals surface area (Å²) in [5.41, 5.74) is 2.73. The minimum absolute atomic E-state index is 0.0835. The molecule has 4 rings (SSSR count). The van der Waals surface area contributed by atoms with E-state index in [4.69, 9.17) is 9.15 Å². The smallest absolute Gasteiger partial charge is 0.276 e. The lowest BCUT2D eigenvalue weighted by Gasteiger charge is -2.02. The zero-order valence-electron chi connectivity index (χ0n) is 16.8. The third-order valence-corrected chi connectivity index (χ3v) is 6.02. The summed E-state index contributed by atoms with van der Waals surface area (Å²) < 4.78 is 10.9. The summed E-state index contributed by atoms with van der Waals surface area (Å²) >= 11 is 2.90. The lowest BCUT2D eigenvalue weighted by molar-refractivity contribution is -0.115. The van der Waals surface area contributed by atoms with Gasteiger partial charge < -0.3 is 14.5 Å². The molecule has 1 amide bonds. The van der Waals surface area contributed by atoms with E-state index in [9.17, 15) is 4.79 Å². The number of ether oxygens (including phenoxy) is 1. The van der Waals surface area contributed by atoms with Crippen LogP contribution in [0.15, 0.2) is 69.6 Å². The molecule has 0 radical (unpaired) electrons. The normalized spacial score (nSPS) is 10.7. The highest BCUT2D eigenvalue weighted by Gasteiger charge is 2.12. The molecule has 7 nitrogen and oxygen atoms in total. The fraction of sp³-hybridized carbons (Fsp3) is 0.182. The molecule has 2 heterocycles. The van der Waals surface area contributed by atoms with Gasteiger partial charge in [0, 0.05) is 16.8 Å². The maximum Gasteiger partial charge on any atom is 0.276 e. The Bertz CT molecular complexity index is 1130. The van der Waals surface area contributed by atoms with Gasteiger partial charge in [-0.05, 0) is 29.8 Å². The van der Waals surface area contributed by atoms with E-state index in [1.807, 2.05) is 60.0 Å². The number of nitrogens with zero attached hydrogens (tertiary/aromatic N) is 3. The molecule has 2 aromatic carbocycles. The molecule has 2 aromatic heterocycles. The second-order valence-electron chi connectivity index (χ2n) is 6.60.